The Balaban J connectivity index is 2.59. The first-order valence-corrected chi connectivity index (χ1v) is 4.33. The first-order chi connectivity index (χ1) is 7.13. The summed E-state index contributed by atoms with van der Waals surface area (Å²) in [6.45, 7) is 0. The molecule has 0 aliphatic carbocycles. The Kier molecular flexibility index (Phi) is 3.72. The van der Waals surface area contributed by atoms with Gasteiger partial charge in [0.1, 0.15) is 17.9 Å². The normalized spacial score (nSPS) is 11.5. The van der Waals surface area contributed by atoms with Gasteiger partial charge in [0.15, 0.2) is 0 Å². The summed E-state index contributed by atoms with van der Waals surface area (Å²) in [6.07, 6.45) is 6.89. The van der Waals surface area contributed by atoms with Crippen LogP contribution in [0, 0.1) is 12.5 Å². The van der Waals surface area contributed by atoms with E-state index in [4.69, 9.17) is 17.3 Å². The molecule has 1 aromatic carbocycles. The van der Waals surface area contributed by atoms with Gasteiger partial charge >= 0.3 is 5.97 Å². The number of hydrogen-bond acceptors (Lipinski definition) is 4. The average Bonchev–Trinajstić information content (AvgIpc) is 2.22. The van der Waals surface area contributed by atoms with Gasteiger partial charge in [-0.05, 0) is 24.1 Å². The molecule has 1 rings (SSSR count). The number of rotatable bonds is 3. The highest BCUT2D eigenvalue weighted by molar-refractivity contribution is 5.76. The number of nitrogens with two attached hydrogens (primary N) is 1. The summed E-state index contributed by atoms with van der Waals surface area (Å²) in [5.74, 6) is -0.468. The van der Waals surface area contributed by atoms with E-state index in [9.17, 15) is 4.79 Å². The third kappa shape index (κ3) is 3.33. The number of carbonyl (C=O) groups excluding carboxylic acids is 1. The molecule has 0 unspecified atom stereocenters. The molecule has 0 amide bonds. The Labute approximate surface area is 87.7 Å². The van der Waals surface area contributed by atoms with E-state index < -0.39 is 12.0 Å². The van der Waals surface area contributed by atoms with Crippen LogP contribution < -0.4 is 5.73 Å². The number of ether oxygens (including phenoxy) is 1. The molecule has 0 spiro atoms. The number of terminal acetylenes is 1. The standard InChI is InChI=1S/C11H11NO3/c1-2-15-11(14)10(12)7-8-3-5-9(13)6-4-8/h1,3-6,10,13H,7,12H2/t10-/m0/s1. The summed E-state index contributed by atoms with van der Waals surface area (Å²) in [4.78, 5) is 11.1. The van der Waals surface area contributed by atoms with Crippen molar-refractivity contribution in [2.45, 2.75) is 12.5 Å². The van der Waals surface area contributed by atoms with Crippen LogP contribution >= 0.6 is 0 Å². The largest absolute Gasteiger partial charge is 0.508 e. The van der Waals surface area contributed by atoms with E-state index in [-0.39, 0.29) is 5.75 Å². The molecule has 0 saturated carbocycles. The van der Waals surface area contributed by atoms with Crippen LogP contribution in [0.2, 0.25) is 0 Å². The summed E-state index contributed by atoms with van der Waals surface area (Å²) in [5, 5.41) is 9.03. The van der Waals surface area contributed by atoms with Crippen molar-refractivity contribution < 1.29 is 14.6 Å². The highest BCUT2D eigenvalue weighted by Crippen LogP contribution is 2.11. The predicted octanol–water partition coefficient (Wildman–Crippen LogP) is 0.396. The van der Waals surface area contributed by atoms with Gasteiger partial charge in [0.2, 0.25) is 0 Å². The van der Waals surface area contributed by atoms with Crippen molar-refractivity contribution in [3.05, 3.63) is 29.8 Å². The number of benzene rings is 1. The monoisotopic (exact) mass is 205 g/mol. The maximum atomic E-state index is 11.1. The van der Waals surface area contributed by atoms with Gasteiger partial charge in [0.05, 0.1) is 0 Å². The number of carbonyl (C=O) groups is 1. The molecule has 0 aliphatic heterocycles. The van der Waals surface area contributed by atoms with E-state index in [0.717, 1.165) is 5.56 Å². The third-order valence-corrected chi connectivity index (χ3v) is 1.85. The second-order valence-corrected chi connectivity index (χ2v) is 3.02. The van der Waals surface area contributed by atoms with Crippen LogP contribution in [0.3, 0.4) is 0 Å². The van der Waals surface area contributed by atoms with Crippen molar-refractivity contribution in [2.24, 2.45) is 5.73 Å². The van der Waals surface area contributed by atoms with Gasteiger partial charge < -0.3 is 15.6 Å². The highest BCUT2D eigenvalue weighted by atomic mass is 16.5. The van der Waals surface area contributed by atoms with Crippen molar-refractivity contribution in [1.29, 1.82) is 0 Å². The molecular formula is C11H11NO3. The Morgan fingerprint density at radius 1 is 1.53 bits per heavy atom. The van der Waals surface area contributed by atoms with Crippen LogP contribution in [0.4, 0.5) is 0 Å². The molecule has 0 bridgehead atoms. The number of phenolic OH excluding ortho intramolecular Hbond substituents is 1. The molecule has 0 saturated heterocycles. The highest BCUT2D eigenvalue weighted by Gasteiger charge is 2.14. The van der Waals surface area contributed by atoms with Crippen LogP contribution in [-0.2, 0) is 16.0 Å². The van der Waals surface area contributed by atoms with Crippen molar-refractivity contribution in [3.8, 4) is 18.3 Å². The lowest BCUT2D eigenvalue weighted by molar-refractivity contribution is -0.138. The molecule has 1 aromatic rings. The maximum absolute atomic E-state index is 11.1. The smallest absolute Gasteiger partial charge is 0.337 e. The molecule has 15 heavy (non-hydrogen) atoms. The van der Waals surface area contributed by atoms with E-state index in [2.05, 4.69) is 4.74 Å². The molecule has 0 aliphatic rings. The molecule has 0 fully saturated rings. The fourth-order valence-corrected chi connectivity index (χ4v) is 1.10. The molecule has 3 N–H and O–H groups in total. The quantitative estimate of drug-likeness (QED) is 0.553. The zero-order valence-electron chi connectivity index (χ0n) is 8.01. The fourth-order valence-electron chi connectivity index (χ4n) is 1.10. The number of esters is 1. The molecule has 0 radical (unpaired) electrons. The fraction of sp³-hybridized carbons (Fsp3) is 0.182. The molecular weight excluding hydrogens is 194 g/mol. The van der Waals surface area contributed by atoms with Crippen molar-refractivity contribution >= 4 is 5.97 Å². The predicted molar refractivity (Wildman–Crippen MR) is 54.7 cm³/mol. The maximum Gasteiger partial charge on any atom is 0.337 e. The average molecular weight is 205 g/mol. The lowest BCUT2D eigenvalue weighted by atomic mass is 10.1. The van der Waals surface area contributed by atoms with Gasteiger partial charge in [-0.3, -0.25) is 0 Å². The Morgan fingerprint density at radius 3 is 2.67 bits per heavy atom. The molecule has 0 heterocycles. The third-order valence-electron chi connectivity index (χ3n) is 1.85. The number of phenols is 1. The van der Waals surface area contributed by atoms with Gasteiger partial charge in [-0.1, -0.05) is 18.6 Å². The van der Waals surface area contributed by atoms with E-state index in [1.807, 2.05) is 0 Å². The van der Waals surface area contributed by atoms with Crippen LogP contribution in [0.1, 0.15) is 5.56 Å². The van der Waals surface area contributed by atoms with E-state index in [1.165, 1.54) is 12.1 Å². The minimum Gasteiger partial charge on any atom is -0.508 e. The van der Waals surface area contributed by atoms with Crippen molar-refractivity contribution in [3.63, 3.8) is 0 Å². The molecule has 1 atom stereocenters. The lowest BCUT2D eigenvalue weighted by Gasteiger charge is -2.07. The Morgan fingerprint density at radius 2 is 2.13 bits per heavy atom. The first kappa shape index (κ1) is 11.1. The summed E-state index contributed by atoms with van der Waals surface area (Å²) < 4.78 is 4.31. The van der Waals surface area contributed by atoms with E-state index in [0.29, 0.717) is 6.42 Å². The molecule has 78 valence electrons. The van der Waals surface area contributed by atoms with E-state index in [1.54, 1.807) is 18.2 Å². The van der Waals surface area contributed by atoms with Gasteiger partial charge in [0.25, 0.3) is 0 Å². The summed E-state index contributed by atoms with van der Waals surface area (Å²) >= 11 is 0. The van der Waals surface area contributed by atoms with E-state index >= 15 is 0 Å². The zero-order chi connectivity index (χ0) is 11.3. The van der Waals surface area contributed by atoms with Crippen LogP contribution in [0.15, 0.2) is 24.3 Å². The first-order valence-electron chi connectivity index (χ1n) is 4.33. The van der Waals surface area contributed by atoms with Crippen molar-refractivity contribution in [1.82, 2.24) is 0 Å². The van der Waals surface area contributed by atoms with Gasteiger partial charge in [-0.15, -0.1) is 0 Å². The van der Waals surface area contributed by atoms with Crippen LogP contribution in [0.25, 0.3) is 0 Å². The Bertz CT molecular complexity index is 378. The number of hydrogen-bond donors (Lipinski definition) is 2. The summed E-state index contributed by atoms with van der Waals surface area (Å²) in [6, 6.07) is 5.62. The number of aromatic hydroxyl groups is 1. The van der Waals surface area contributed by atoms with Crippen molar-refractivity contribution in [2.75, 3.05) is 0 Å². The molecule has 4 nitrogen and oxygen atoms in total. The summed E-state index contributed by atoms with van der Waals surface area (Å²) in [7, 11) is 0. The second kappa shape index (κ2) is 5.03. The Hall–Kier alpha value is -1.99. The minimum atomic E-state index is -0.786. The molecule has 0 aromatic heterocycles. The topological polar surface area (TPSA) is 72.5 Å². The minimum absolute atomic E-state index is 0.165. The van der Waals surface area contributed by atoms with Gasteiger partial charge in [-0.25, -0.2) is 4.79 Å². The summed E-state index contributed by atoms with van der Waals surface area (Å²) in [5.41, 5.74) is 6.37. The van der Waals surface area contributed by atoms with Gasteiger partial charge in [-0.2, -0.15) is 0 Å². The molecule has 4 heteroatoms. The van der Waals surface area contributed by atoms with Crippen LogP contribution in [0.5, 0.6) is 5.75 Å². The van der Waals surface area contributed by atoms with Crippen LogP contribution in [-0.4, -0.2) is 17.1 Å². The zero-order valence-corrected chi connectivity index (χ0v) is 8.01. The van der Waals surface area contributed by atoms with Gasteiger partial charge in [0, 0.05) is 0 Å². The second-order valence-electron chi connectivity index (χ2n) is 3.02. The lowest BCUT2D eigenvalue weighted by Crippen LogP contribution is -2.33. The SMILES string of the molecule is C#COC(=O)[C@@H](N)Cc1ccc(O)cc1.